The molecule has 120 valence electrons. The molecule has 1 aromatic rings. The maximum absolute atomic E-state index is 12.6. The van der Waals surface area contributed by atoms with Crippen molar-refractivity contribution in [1.82, 2.24) is 5.32 Å². The topological polar surface area (TPSA) is 41.5 Å². The van der Waals surface area contributed by atoms with E-state index in [1.165, 1.54) is 0 Å². The van der Waals surface area contributed by atoms with Crippen LogP contribution in [0.4, 0.5) is 17.6 Å². The molecule has 3 nitrogen and oxygen atoms in total. The highest BCUT2D eigenvalue weighted by Crippen LogP contribution is 2.23. The van der Waals surface area contributed by atoms with E-state index in [-0.39, 0.29) is 13.2 Å². The van der Waals surface area contributed by atoms with Gasteiger partial charge in [0, 0.05) is 6.54 Å². The standard InChI is InChI=1S/C14H19F4NO2/c1-9-4-3-5-10(2)12(9)21-7-11(20)6-19-8-14(17,18)13(15)16/h3-5,11,13,19-20H,6-8H2,1-2H3. The minimum atomic E-state index is -4.10. The molecule has 0 saturated heterocycles. The molecule has 2 N–H and O–H groups in total. The van der Waals surface area contributed by atoms with Gasteiger partial charge in [0.1, 0.15) is 18.5 Å². The van der Waals surface area contributed by atoms with Crippen LogP contribution in [0.15, 0.2) is 18.2 Å². The van der Waals surface area contributed by atoms with Crippen LogP contribution in [-0.2, 0) is 0 Å². The fraction of sp³-hybridized carbons (Fsp3) is 0.571. The van der Waals surface area contributed by atoms with E-state index in [1.807, 2.05) is 32.0 Å². The molecule has 0 heterocycles. The molecular formula is C14H19F4NO2. The van der Waals surface area contributed by atoms with Crippen LogP contribution in [0.3, 0.4) is 0 Å². The van der Waals surface area contributed by atoms with Crippen LogP contribution in [0.1, 0.15) is 11.1 Å². The molecule has 7 heteroatoms. The van der Waals surface area contributed by atoms with Gasteiger partial charge in [-0.25, -0.2) is 8.78 Å². The van der Waals surface area contributed by atoms with Gasteiger partial charge in [-0.05, 0) is 25.0 Å². The molecule has 1 rings (SSSR count). The Hall–Kier alpha value is -1.34. The van der Waals surface area contributed by atoms with Crippen molar-refractivity contribution in [3.63, 3.8) is 0 Å². The predicted octanol–water partition coefficient (Wildman–Crippen LogP) is 2.53. The first-order valence-corrected chi connectivity index (χ1v) is 6.48. The summed E-state index contributed by atoms with van der Waals surface area (Å²) in [7, 11) is 0. The number of nitrogens with one attached hydrogen (secondary N) is 1. The van der Waals surface area contributed by atoms with Gasteiger partial charge in [0.15, 0.2) is 0 Å². The number of rotatable bonds is 8. The molecule has 0 fully saturated rings. The number of aliphatic hydroxyl groups is 1. The molecule has 1 unspecified atom stereocenters. The van der Waals surface area contributed by atoms with Gasteiger partial charge >= 0.3 is 12.3 Å². The van der Waals surface area contributed by atoms with Gasteiger partial charge in [-0.3, -0.25) is 0 Å². The van der Waals surface area contributed by atoms with Crippen molar-refractivity contribution in [2.24, 2.45) is 0 Å². The van der Waals surface area contributed by atoms with Crippen LogP contribution in [0.5, 0.6) is 5.75 Å². The molecule has 0 aromatic heterocycles. The van der Waals surface area contributed by atoms with E-state index in [0.29, 0.717) is 5.75 Å². The Kier molecular flexibility index (Phi) is 6.42. The SMILES string of the molecule is Cc1cccc(C)c1OCC(O)CNCC(F)(F)C(F)F. The van der Waals surface area contributed by atoms with E-state index in [0.717, 1.165) is 11.1 Å². The average Bonchev–Trinajstić information content (AvgIpc) is 2.37. The molecule has 0 spiro atoms. The van der Waals surface area contributed by atoms with Crippen LogP contribution in [0, 0.1) is 13.8 Å². The zero-order valence-electron chi connectivity index (χ0n) is 11.9. The second-order valence-electron chi connectivity index (χ2n) is 4.88. The quantitative estimate of drug-likeness (QED) is 0.725. The van der Waals surface area contributed by atoms with Gasteiger partial charge in [0.25, 0.3) is 0 Å². The highest BCUT2D eigenvalue weighted by Gasteiger charge is 2.40. The molecule has 0 saturated carbocycles. The molecule has 0 aliphatic carbocycles. The maximum Gasteiger partial charge on any atom is 0.319 e. The molecule has 0 amide bonds. The van der Waals surface area contributed by atoms with Gasteiger partial charge < -0.3 is 15.2 Å². The number of hydrogen-bond donors (Lipinski definition) is 2. The van der Waals surface area contributed by atoms with Gasteiger partial charge in [-0.2, -0.15) is 8.78 Å². The first-order chi connectivity index (χ1) is 9.74. The molecule has 1 atom stereocenters. The van der Waals surface area contributed by atoms with E-state index in [1.54, 1.807) is 0 Å². The molecule has 0 aliphatic heterocycles. The molecule has 1 aromatic carbocycles. The van der Waals surface area contributed by atoms with Crippen molar-refractivity contribution < 1.29 is 27.4 Å². The fourth-order valence-corrected chi connectivity index (χ4v) is 1.75. The van der Waals surface area contributed by atoms with E-state index < -0.39 is 25.0 Å². The third-order valence-electron chi connectivity index (χ3n) is 2.89. The third kappa shape index (κ3) is 5.51. The summed E-state index contributed by atoms with van der Waals surface area (Å²) < 4.78 is 54.5. The number of alkyl halides is 4. The third-order valence-corrected chi connectivity index (χ3v) is 2.89. The lowest BCUT2D eigenvalue weighted by Crippen LogP contribution is -2.42. The summed E-state index contributed by atoms with van der Waals surface area (Å²) in [6, 6.07) is 5.55. The van der Waals surface area contributed by atoms with Crippen LogP contribution < -0.4 is 10.1 Å². The summed E-state index contributed by atoms with van der Waals surface area (Å²) in [5.74, 6) is -3.48. The lowest BCUT2D eigenvalue weighted by Gasteiger charge is -2.19. The van der Waals surface area contributed by atoms with Crippen molar-refractivity contribution in [3.05, 3.63) is 29.3 Å². The number of para-hydroxylation sites is 1. The second kappa shape index (κ2) is 7.61. The van der Waals surface area contributed by atoms with Crippen molar-refractivity contribution in [1.29, 1.82) is 0 Å². The number of ether oxygens (including phenoxy) is 1. The Morgan fingerprint density at radius 3 is 2.33 bits per heavy atom. The Morgan fingerprint density at radius 1 is 1.24 bits per heavy atom. The minimum Gasteiger partial charge on any atom is -0.490 e. The summed E-state index contributed by atoms with van der Waals surface area (Å²) >= 11 is 0. The highest BCUT2D eigenvalue weighted by atomic mass is 19.3. The molecule has 0 aliphatic rings. The van der Waals surface area contributed by atoms with Crippen LogP contribution in [0.25, 0.3) is 0 Å². The largest absolute Gasteiger partial charge is 0.490 e. The van der Waals surface area contributed by atoms with Gasteiger partial charge in [0.2, 0.25) is 0 Å². The number of aryl methyl sites for hydroxylation is 2. The lowest BCUT2D eigenvalue weighted by molar-refractivity contribution is -0.125. The normalized spacial score (nSPS) is 13.5. The summed E-state index contributed by atoms with van der Waals surface area (Å²) in [5, 5.41) is 11.7. The number of benzene rings is 1. The van der Waals surface area contributed by atoms with Crippen LogP contribution >= 0.6 is 0 Å². The fourth-order valence-electron chi connectivity index (χ4n) is 1.75. The monoisotopic (exact) mass is 309 g/mol. The minimum absolute atomic E-state index is 0.112. The van der Waals surface area contributed by atoms with Crippen LogP contribution in [-0.4, -0.2) is 43.3 Å². The van der Waals surface area contributed by atoms with Crippen molar-refractivity contribution >= 4 is 0 Å². The predicted molar refractivity (Wildman–Crippen MR) is 71.2 cm³/mol. The van der Waals surface area contributed by atoms with Crippen molar-refractivity contribution in [2.45, 2.75) is 32.3 Å². The number of hydrogen-bond acceptors (Lipinski definition) is 3. The molecule has 0 radical (unpaired) electrons. The zero-order chi connectivity index (χ0) is 16.0. The number of halogens is 4. The first kappa shape index (κ1) is 17.7. The Bertz CT molecular complexity index is 434. The summed E-state index contributed by atoms with van der Waals surface area (Å²) in [6.45, 7) is 2.13. The zero-order valence-corrected chi connectivity index (χ0v) is 11.9. The summed E-state index contributed by atoms with van der Waals surface area (Å²) in [6.07, 6.45) is -4.80. The van der Waals surface area contributed by atoms with Crippen molar-refractivity contribution in [3.8, 4) is 5.75 Å². The average molecular weight is 309 g/mol. The highest BCUT2D eigenvalue weighted by molar-refractivity contribution is 5.39. The summed E-state index contributed by atoms with van der Waals surface area (Å²) in [5.41, 5.74) is 1.78. The van der Waals surface area contributed by atoms with E-state index in [4.69, 9.17) is 4.74 Å². The molecular weight excluding hydrogens is 290 g/mol. The van der Waals surface area contributed by atoms with Gasteiger partial charge in [-0.1, -0.05) is 18.2 Å². The lowest BCUT2D eigenvalue weighted by atomic mass is 10.1. The maximum atomic E-state index is 12.6. The Balaban J connectivity index is 2.37. The summed E-state index contributed by atoms with van der Waals surface area (Å²) in [4.78, 5) is 0. The molecule has 0 bridgehead atoms. The van der Waals surface area contributed by atoms with Crippen molar-refractivity contribution in [2.75, 3.05) is 19.7 Å². The first-order valence-electron chi connectivity index (χ1n) is 6.48. The number of aliphatic hydroxyl groups excluding tert-OH is 1. The van der Waals surface area contributed by atoms with E-state index in [2.05, 4.69) is 5.32 Å². The van der Waals surface area contributed by atoms with Crippen LogP contribution in [0.2, 0.25) is 0 Å². The second-order valence-corrected chi connectivity index (χ2v) is 4.88. The molecule has 21 heavy (non-hydrogen) atoms. The Morgan fingerprint density at radius 2 is 1.81 bits per heavy atom. The Labute approximate surface area is 120 Å². The van der Waals surface area contributed by atoms with Gasteiger partial charge in [0.05, 0.1) is 6.54 Å². The van der Waals surface area contributed by atoms with E-state index >= 15 is 0 Å². The van der Waals surface area contributed by atoms with E-state index in [9.17, 15) is 22.7 Å². The smallest absolute Gasteiger partial charge is 0.319 e. The van der Waals surface area contributed by atoms with Gasteiger partial charge in [-0.15, -0.1) is 0 Å².